The lowest BCUT2D eigenvalue weighted by Gasteiger charge is -2.65. The molecule has 2 N–H and O–H groups in total. The van der Waals surface area contributed by atoms with Crippen molar-refractivity contribution in [3.05, 3.63) is 12.2 Å². The molecule has 0 radical (unpaired) electrons. The van der Waals surface area contributed by atoms with E-state index in [-0.39, 0.29) is 28.4 Å². The van der Waals surface area contributed by atoms with Crippen molar-refractivity contribution in [2.24, 2.45) is 34.0 Å². The Morgan fingerprint density at radius 1 is 1.09 bits per heavy atom. The molecule has 4 rings (SSSR count). The fourth-order valence-corrected chi connectivity index (χ4v) is 7.43. The number of rotatable bonds is 0. The van der Waals surface area contributed by atoms with Gasteiger partial charge >= 0.3 is 0 Å². The highest BCUT2D eigenvalue weighted by molar-refractivity contribution is 6.04. The predicted molar refractivity (Wildman–Crippen MR) is 88.7 cm³/mol. The van der Waals surface area contributed by atoms with Crippen LogP contribution < -0.4 is 0 Å². The minimum absolute atomic E-state index is 0.0342. The largest absolute Gasteiger partial charge is 0.392 e. The van der Waals surface area contributed by atoms with Crippen LogP contribution in [-0.4, -0.2) is 28.2 Å². The summed E-state index contributed by atoms with van der Waals surface area (Å²) in [6.45, 7) is 10.9. The molecule has 0 aromatic rings. The van der Waals surface area contributed by atoms with Crippen LogP contribution in [0.15, 0.2) is 12.2 Å². The Bertz CT molecular complexity index is 579. The fraction of sp³-hybridized carbons (Fsp3) is 0.850. The number of aliphatic hydroxyl groups is 2. The number of fused-ring (bicyclic) bond motifs is 3. The van der Waals surface area contributed by atoms with Crippen molar-refractivity contribution in [2.75, 3.05) is 0 Å². The summed E-state index contributed by atoms with van der Waals surface area (Å²) in [5.41, 5.74) is -0.182. The zero-order chi connectivity index (χ0) is 16.8. The first kappa shape index (κ1) is 15.8. The van der Waals surface area contributed by atoms with Crippen LogP contribution in [0.4, 0.5) is 0 Å². The Morgan fingerprint density at radius 2 is 1.78 bits per heavy atom. The van der Waals surface area contributed by atoms with Gasteiger partial charge in [-0.2, -0.15) is 0 Å². The quantitative estimate of drug-likeness (QED) is 0.675. The number of carbonyl (C=O) groups excluding carboxylic acids is 1. The van der Waals surface area contributed by atoms with Crippen LogP contribution in [0.5, 0.6) is 0 Å². The third-order valence-electron chi connectivity index (χ3n) is 8.43. The van der Waals surface area contributed by atoms with Gasteiger partial charge in [0, 0.05) is 5.92 Å². The molecule has 23 heavy (non-hydrogen) atoms. The highest BCUT2D eigenvalue weighted by Gasteiger charge is 2.73. The Morgan fingerprint density at radius 3 is 2.48 bits per heavy atom. The minimum atomic E-state index is -0.974. The van der Waals surface area contributed by atoms with E-state index in [1.807, 2.05) is 0 Å². The maximum atomic E-state index is 13.1. The molecule has 0 heterocycles. The first-order chi connectivity index (χ1) is 10.7. The zero-order valence-electron chi connectivity index (χ0n) is 14.6. The number of aliphatic hydroxyl groups excluding tert-OH is 2. The molecule has 128 valence electrons. The van der Waals surface area contributed by atoms with Crippen LogP contribution in [0.3, 0.4) is 0 Å². The van der Waals surface area contributed by atoms with Crippen molar-refractivity contribution in [1.82, 2.24) is 0 Å². The summed E-state index contributed by atoms with van der Waals surface area (Å²) in [5.74, 6) is 0.333. The van der Waals surface area contributed by atoms with Gasteiger partial charge in [0.05, 0.1) is 17.6 Å². The molecule has 7 atom stereocenters. The van der Waals surface area contributed by atoms with Gasteiger partial charge in [0.25, 0.3) is 0 Å². The van der Waals surface area contributed by atoms with Gasteiger partial charge in [0.1, 0.15) is 0 Å². The Hall–Kier alpha value is -0.670. The normalized spacial score (nSPS) is 54.6. The summed E-state index contributed by atoms with van der Waals surface area (Å²) < 4.78 is 0. The lowest BCUT2D eigenvalue weighted by Crippen LogP contribution is -2.66. The molecule has 4 saturated carbocycles. The topological polar surface area (TPSA) is 57.5 Å². The third kappa shape index (κ3) is 1.61. The van der Waals surface area contributed by atoms with Gasteiger partial charge in [-0.1, -0.05) is 33.8 Å². The third-order valence-corrected chi connectivity index (χ3v) is 8.43. The standard InChI is InChI=1S/C20H30O3/c1-11-12-6-7-13-19(4)9-5-8-18(2,3)14(19)10-15(21)20(13,16(11)22)17(12)23/h12-15,17,21,23H,1,5-10H2,2-4H3/t12-,13?,14?,15+,17+,19-,20-/m0/s1. The van der Waals surface area contributed by atoms with Crippen LogP contribution in [-0.2, 0) is 4.79 Å². The second-order valence-electron chi connectivity index (χ2n) is 9.62. The molecular formula is C20H30O3. The van der Waals surface area contributed by atoms with Crippen LogP contribution in [0.2, 0.25) is 0 Å². The highest BCUT2D eigenvalue weighted by atomic mass is 16.3. The van der Waals surface area contributed by atoms with Crippen LogP contribution in [0.1, 0.15) is 59.3 Å². The predicted octanol–water partition coefficient (Wildman–Crippen LogP) is 3.10. The summed E-state index contributed by atoms with van der Waals surface area (Å²) >= 11 is 0. The molecule has 0 saturated heterocycles. The van der Waals surface area contributed by atoms with Crippen molar-refractivity contribution < 1.29 is 15.0 Å². The molecule has 0 amide bonds. The van der Waals surface area contributed by atoms with E-state index in [0.29, 0.717) is 17.9 Å². The van der Waals surface area contributed by atoms with E-state index in [9.17, 15) is 15.0 Å². The van der Waals surface area contributed by atoms with Crippen molar-refractivity contribution in [1.29, 1.82) is 0 Å². The van der Waals surface area contributed by atoms with Gasteiger partial charge < -0.3 is 10.2 Å². The van der Waals surface area contributed by atoms with Crippen molar-refractivity contribution in [2.45, 2.75) is 71.5 Å². The summed E-state index contributed by atoms with van der Waals surface area (Å²) in [5, 5.41) is 22.1. The molecule has 3 nitrogen and oxygen atoms in total. The van der Waals surface area contributed by atoms with E-state index in [4.69, 9.17) is 0 Å². The first-order valence-electron chi connectivity index (χ1n) is 9.27. The monoisotopic (exact) mass is 318 g/mol. The lowest BCUT2D eigenvalue weighted by atomic mass is 9.40. The molecular weight excluding hydrogens is 288 g/mol. The van der Waals surface area contributed by atoms with E-state index in [0.717, 1.165) is 19.3 Å². The molecule has 0 aromatic carbocycles. The van der Waals surface area contributed by atoms with Gasteiger partial charge in [-0.05, 0) is 60.3 Å². The maximum absolute atomic E-state index is 13.1. The second-order valence-corrected chi connectivity index (χ2v) is 9.62. The van der Waals surface area contributed by atoms with Gasteiger partial charge in [-0.15, -0.1) is 0 Å². The van der Waals surface area contributed by atoms with Gasteiger partial charge in [-0.25, -0.2) is 0 Å². The van der Waals surface area contributed by atoms with Crippen LogP contribution >= 0.6 is 0 Å². The van der Waals surface area contributed by atoms with E-state index in [2.05, 4.69) is 27.4 Å². The van der Waals surface area contributed by atoms with Gasteiger partial charge in [-0.3, -0.25) is 4.79 Å². The summed E-state index contributed by atoms with van der Waals surface area (Å²) in [7, 11) is 0. The van der Waals surface area contributed by atoms with Crippen LogP contribution in [0.25, 0.3) is 0 Å². The van der Waals surface area contributed by atoms with Gasteiger partial charge in [0.15, 0.2) is 5.78 Å². The summed E-state index contributed by atoms with van der Waals surface area (Å²) in [4.78, 5) is 13.1. The summed E-state index contributed by atoms with van der Waals surface area (Å²) in [6.07, 6.45) is 4.43. The molecule has 3 heteroatoms. The second kappa shape index (κ2) is 4.49. The molecule has 4 aliphatic carbocycles. The molecule has 4 aliphatic rings. The number of Topliss-reactive ketones (excluding diaryl/α,β-unsaturated/α-hetero) is 1. The molecule has 0 aliphatic heterocycles. The highest BCUT2D eigenvalue weighted by Crippen LogP contribution is 2.70. The average Bonchev–Trinajstić information content (AvgIpc) is 2.58. The molecule has 2 bridgehead atoms. The molecule has 2 unspecified atom stereocenters. The van der Waals surface area contributed by atoms with Crippen molar-refractivity contribution in [3.63, 3.8) is 0 Å². The van der Waals surface area contributed by atoms with Crippen molar-refractivity contribution >= 4 is 5.78 Å². The Labute approximate surface area is 139 Å². The van der Waals surface area contributed by atoms with Gasteiger partial charge in [0.2, 0.25) is 0 Å². The molecule has 4 fully saturated rings. The van der Waals surface area contributed by atoms with E-state index in [1.165, 1.54) is 12.8 Å². The summed E-state index contributed by atoms with van der Waals surface area (Å²) in [6, 6.07) is 0. The SMILES string of the molecule is C=C1C(=O)[C@@]23C(CC[C@@H]1[C@H]2O)[C@]1(C)CCCC(C)(C)C1C[C@H]3O. The number of hydrogen-bond donors (Lipinski definition) is 2. The van der Waals surface area contributed by atoms with Crippen molar-refractivity contribution in [3.8, 4) is 0 Å². The smallest absolute Gasteiger partial charge is 0.170 e. The van der Waals surface area contributed by atoms with E-state index < -0.39 is 17.6 Å². The number of ketones is 1. The Balaban J connectivity index is 1.88. The molecule has 0 aromatic heterocycles. The van der Waals surface area contributed by atoms with E-state index in [1.54, 1.807) is 0 Å². The Kier molecular flexibility index (Phi) is 3.09. The minimum Gasteiger partial charge on any atom is -0.392 e. The number of hydrogen-bond acceptors (Lipinski definition) is 3. The fourth-order valence-electron chi connectivity index (χ4n) is 7.43. The first-order valence-corrected chi connectivity index (χ1v) is 9.27. The van der Waals surface area contributed by atoms with Crippen LogP contribution in [0, 0.1) is 34.0 Å². The zero-order valence-corrected chi connectivity index (χ0v) is 14.6. The van der Waals surface area contributed by atoms with E-state index >= 15 is 0 Å². The number of carbonyl (C=O) groups is 1. The average molecular weight is 318 g/mol. The lowest BCUT2D eigenvalue weighted by molar-refractivity contribution is -0.225. The molecule has 1 spiro atoms. The maximum Gasteiger partial charge on any atom is 0.170 e.